The quantitative estimate of drug-likeness (QED) is 0.361. The molecule has 0 heterocycles. The zero-order valence-corrected chi connectivity index (χ0v) is 15.2. The number of hydrogen-bond donors (Lipinski definition) is 0. The van der Waals surface area contributed by atoms with Gasteiger partial charge in [0.05, 0.1) is 25.4 Å². The molecule has 0 radical (unpaired) electrons. The lowest BCUT2D eigenvalue weighted by Gasteiger charge is -2.11. The summed E-state index contributed by atoms with van der Waals surface area (Å²) in [5, 5.41) is 0. The van der Waals surface area contributed by atoms with Crippen molar-refractivity contribution >= 4 is 12.3 Å². The highest BCUT2D eigenvalue weighted by atomic mass is 16.5. The van der Waals surface area contributed by atoms with E-state index < -0.39 is 0 Å². The number of hydrogen-bond acceptors (Lipinski definition) is 5. The number of carbonyl (C=O) groups excluding carboxylic acids is 2. The molecule has 5 nitrogen and oxygen atoms in total. The Morgan fingerprint density at radius 3 is 2.35 bits per heavy atom. The summed E-state index contributed by atoms with van der Waals surface area (Å²) in [4.78, 5) is 22.7. The molecule has 0 aliphatic carbocycles. The van der Waals surface area contributed by atoms with Crippen LogP contribution in [-0.4, -0.2) is 32.1 Å². The Kier molecular flexibility index (Phi) is 7.68. The van der Waals surface area contributed by atoms with E-state index in [0.717, 1.165) is 23.2 Å². The highest BCUT2D eigenvalue weighted by Crippen LogP contribution is 2.27. The molecule has 0 saturated heterocycles. The first-order valence-corrected chi connectivity index (χ1v) is 8.78. The van der Waals surface area contributed by atoms with E-state index in [1.165, 1.54) is 0 Å². The van der Waals surface area contributed by atoms with Crippen LogP contribution in [0, 0.1) is 0 Å². The molecule has 0 amide bonds. The van der Waals surface area contributed by atoms with Crippen LogP contribution in [0.4, 0.5) is 0 Å². The summed E-state index contributed by atoms with van der Waals surface area (Å²) in [5.74, 6) is 1.09. The fraction of sp³-hybridized carbons (Fsp3) is 0.333. The molecule has 0 bridgehead atoms. The molecule has 0 unspecified atom stereocenters. The van der Waals surface area contributed by atoms with Gasteiger partial charge in [-0.05, 0) is 55.7 Å². The lowest BCUT2D eigenvalue weighted by atomic mass is 10.0. The van der Waals surface area contributed by atoms with Crippen molar-refractivity contribution in [3.8, 4) is 22.6 Å². The summed E-state index contributed by atoms with van der Waals surface area (Å²) >= 11 is 0. The predicted molar refractivity (Wildman–Crippen MR) is 99.8 cm³/mol. The molecular weight excluding hydrogens is 332 g/mol. The zero-order valence-electron chi connectivity index (χ0n) is 15.2. The molecule has 0 aliphatic rings. The predicted octanol–water partition coefficient (Wildman–Crippen LogP) is 4.29. The monoisotopic (exact) mass is 356 g/mol. The van der Waals surface area contributed by atoms with Gasteiger partial charge in [-0.2, -0.15) is 0 Å². The van der Waals surface area contributed by atoms with E-state index in [2.05, 4.69) is 0 Å². The number of ether oxygens (including phenoxy) is 3. The van der Waals surface area contributed by atoms with Crippen molar-refractivity contribution in [2.24, 2.45) is 0 Å². The normalized spacial score (nSPS) is 10.2. The van der Waals surface area contributed by atoms with E-state index in [4.69, 9.17) is 14.2 Å². The maximum absolute atomic E-state index is 11.4. The number of aldehydes is 1. The Morgan fingerprint density at radius 1 is 0.962 bits per heavy atom. The van der Waals surface area contributed by atoms with E-state index in [1.807, 2.05) is 37.3 Å². The molecule has 2 rings (SSSR count). The van der Waals surface area contributed by atoms with Crippen LogP contribution in [0.25, 0.3) is 11.1 Å². The first kappa shape index (κ1) is 19.5. The van der Waals surface area contributed by atoms with Gasteiger partial charge in [0.2, 0.25) is 0 Å². The lowest BCUT2D eigenvalue weighted by molar-refractivity contribution is -0.143. The smallest absolute Gasteiger partial charge is 0.305 e. The molecule has 26 heavy (non-hydrogen) atoms. The number of rotatable bonds is 10. The largest absolute Gasteiger partial charge is 0.494 e. The van der Waals surface area contributed by atoms with Gasteiger partial charge in [-0.3, -0.25) is 9.59 Å². The van der Waals surface area contributed by atoms with E-state index in [1.54, 1.807) is 19.1 Å². The molecule has 0 atom stereocenters. The number of benzene rings is 2. The Morgan fingerprint density at radius 2 is 1.69 bits per heavy atom. The van der Waals surface area contributed by atoms with Gasteiger partial charge in [0.15, 0.2) is 6.29 Å². The van der Waals surface area contributed by atoms with Crippen molar-refractivity contribution in [3.05, 3.63) is 48.0 Å². The van der Waals surface area contributed by atoms with Crippen molar-refractivity contribution in [3.63, 3.8) is 0 Å². The van der Waals surface area contributed by atoms with Gasteiger partial charge in [-0.25, -0.2) is 0 Å². The standard InChI is InChI=1S/C21H24O5/c1-3-24-19-10-7-16(8-11-19)17-9-12-20(18(14-17)15-22)26-13-5-6-21(23)25-4-2/h7-12,14-15H,3-6,13H2,1-2H3. The second-order valence-corrected chi connectivity index (χ2v) is 5.58. The molecule has 0 aliphatic heterocycles. The fourth-order valence-electron chi connectivity index (χ4n) is 2.49. The van der Waals surface area contributed by atoms with Crippen LogP contribution in [0.5, 0.6) is 11.5 Å². The molecule has 2 aromatic rings. The molecule has 0 saturated carbocycles. The summed E-state index contributed by atoms with van der Waals surface area (Å²) in [5.41, 5.74) is 2.40. The highest BCUT2D eigenvalue weighted by molar-refractivity contribution is 5.83. The lowest BCUT2D eigenvalue weighted by Crippen LogP contribution is -2.07. The second kappa shape index (κ2) is 10.2. The van der Waals surface area contributed by atoms with Gasteiger partial charge in [0.1, 0.15) is 11.5 Å². The van der Waals surface area contributed by atoms with Gasteiger partial charge >= 0.3 is 5.97 Å². The minimum absolute atomic E-state index is 0.238. The third-order valence-electron chi connectivity index (χ3n) is 3.72. The van der Waals surface area contributed by atoms with E-state index in [9.17, 15) is 9.59 Å². The Balaban J connectivity index is 2.00. The third kappa shape index (κ3) is 5.62. The van der Waals surface area contributed by atoms with E-state index in [-0.39, 0.29) is 5.97 Å². The van der Waals surface area contributed by atoms with E-state index in [0.29, 0.717) is 44.0 Å². The molecule has 0 spiro atoms. The van der Waals surface area contributed by atoms with Crippen molar-refractivity contribution in [1.82, 2.24) is 0 Å². The average Bonchev–Trinajstić information content (AvgIpc) is 2.66. The summed E-state index contributed by atoms with van der Waals surface area (Å²) in [6, 6.07) is 13.2. The summed E-state index contributed by atoms with van der Waals surface area (Å²) in [7, 11) is 0. The number of carbonyl (C=O) groups is 2. The first-order valence-electron chi connectivity index (χ1n) is 8.78. The van der Waals surface area contributed by atoms with Crippen LogP contribution >= 0.6 is 0 Å². The average molecular weight is 356 g/mol. The zero-order chi connectivity index (χ0) is 18.8. The van der Waals surface area contributed by atoms with Crippen LogP contribution in [0.2, 0.25) is 0 Å². The van der Waals surface area contributed by atoms with Crippen molar-refractivity contribution in [1.29, 1.82) is 0 Å². The van der Waals surface area contributed by atoms with Crippen molar-refractivity contribution in [2.75, 3.05) is 19.8 Å². The van der Waals surface area contributed by atoms with Crippen LogP contribution < -0.4 is 9.47 Å². The van der Waals surface area contributed by atoms with Gasteiger partial charge in [0, 0.05) is 6.42 Å². The van der Waals surface area contributed by atoms with Crippen LogP contribution in [-0.2, 0) is 9.53 Å². The molecular formula is C21H24O5. The summed E-state index contributed by atoms with van der Waals surface area (Å²) in [6.45, 7) is 5.06. The summed E-state index contributed by atoms with van der Waals surface area (Å²) < 4.78 is 15.9. The molecule has 0 fully saturated rings. The van der Waals surface area contributed by atoms with Crippen LogP contribution in [0.1, 0.15) is 37.0 Å². The van der Waals surface area contributed by atoms with Crippen LogP contribution in [0.3, 0.4) is 0 Å². The van der Waals surface area contributed by atoms with Gasteiger partial charge in [-0.1, -0.05) is 18.2 Å². The van der Waals surface area contributed by atoms with Crippen LogP contribution in [0.15, 0.2) is 42.5 Å². The Hall–Kier alpha value is -2.82. The Labute approximate surface area is 153 Å². The molecule has 5 heteroatoms. The van der Waals surface area contributed by atoms with Gasteiger partial charge in [0.25, 0.3) is 0 Å². The van der Waals surface area contributed by atoms with E-state index >= 15 is 0 Å². The maximum Gasteiger partial charge on any atom is 0.305 e. The first-order chi connectivity index (χ1) is 12.7. The topological polar surface area (TPSA) is 61.8 Å². The van der Waals surface area contributed by atoms with Crippen molar-refractivity contribution < 1.29 is 23.8 Å². The van der Waals surface area contributed by atoms with Gasteiger partial charge in [-0.15, -0.1) is 0 Å². The summed E-state index contributed by atoms with van der Waals surface area (Å²) in [6.07, 6.45) is 1.62. The minimum atomic E-state index is -0.238. The SMILES string of the molecule is CCOC(=O)CCCOc1ccc(-c2ccc(OCC)cc2)cc1C=O. The third-order valence-corrected chi connectivity index (χ3v) is 3.72. The maximum atomic E-state index is 11.4. The minimum Gasteiger partial charge on any atom is -0.494 e. The van der Waals surface area contributed by atoms with Gasteiger partial charge < -0.3 is 14.2 Å². The molecule has 0 N–H and O–H groups in total. The molecule has 138 valence electrons. The molecule has 2 aromatic carbocycles. The molecule has 0 aromatic heterocycles. The fourth-order valence-corrected chi connectivity index (χ4v) is 2.49. The second-order valence-electron chi connectivity index (χ2n) is 5.58. The van der Waals surface area contributed by atoms with Crippen molar-refractivity contribution in [2.45, 2.75) is 26.7 Å². The highest BCUT2D eigenvalue weighted by Gasteiger charge is 2.08. The number of esters is 1. The Bertz CT molecular complexity index is 722.